The van der Waals surface area contributed by atoms with Crippen LogP contribution in [0.5, 0.6) is 11.5 Å². The van der Waals surface area contributed by atoms with Gasteiger partial charge in [-0.3, -0.25) is 9.10 Å². The second-order valence-electron chi connectivity index (χ2n) is 9.75. The fourth-order valence-corrected chi connectivity index (χ4v) is 6.49. The van der Waals surface area contributed by atoms with E-state index >= 15 is 0 Å². The van der Waals surface area contributed by atoms with Crippen LogP contribution in [0.2, 0.25) is 0 Å². The summed E-state index contributed by atoms with van der Waals surface area (Å²) >= 11 is 0. The second-order valence-corrected chi connectivity index (χ2v) is 11.6. The molecule has 1 N–H and O–H groups in total. The molecule has 1 amide bonds. The van der Waals surface area contributed by atoms with Crippen LogP contribution in [0.25, 0.3) is 0 Å². The minimum absolute atomic E-state index is 0.114. The number of aryl methyl sites for hydroxylation is 3. The van der Waals surface area contributed by atoms with Gasteiger partial charge in [-0.15, -0.1) is 0 Å². The van der Waals surface area contributed by atoms with Crippen molar-refractivity contribution in [2.24, 2.45) is 0 Å². The Balaban J connectivity index is 1.40. The number of carbonyl (C=O) groups is 1. The van der Waals surface area contributed by atoms with Crippen LogP contribution in [-0.2, 0) is 27.7 Å². The van der Waals surface area contributed by atoms with Gasteiger partial charge in [0.05, 0.1) is 30.3 Å². The van der Waals surface area contributed by atoms with Gasteiger partial charge in [0, 0.05) is 0 Å². The Bertz CT molecular complexity index is 1420. The van der Waals surface area contributed by atoms with Crippen molar-refractivity contribution in [3.05, 3.63) is 82.9 Å². The van der Waals surface area contributed by atoms with E-state index in [-0.39, 0.29) is 23.4 Å². The molecule has 194 valence electrons. The minimum Gasteiger partial charge on any atom is -0.497 e. The number of nitrogens with zero attached hydrogens (tertiary/aromatic N) is 1. The lowest BCUT2D eigenvalue weighted by atomic mass is 9.89. The molecule has 3 aromatic carbocycles. The fourth-order valence-electron chi connectivity index (χ4n) is 5.01. The molecule has 2 atom stereocenters. The summed E-state index contributed by atoms with van der Waals surface area (Å²) in [6.07, 6.45) is 3.56. The highest BCUT2D eigenvalue weighted by Gasteiger charge is 2.38. The van der Waals surface area contributed by atoms with Crippen molar-refractivity contribution in [3.63, 3.8) is 0 Å². The molecule has 2 aliphatic rings. The maximum atomic E-state index is 13.7. The molecule has 7 nitrogen and oxygen atoms in total. The molecular weight excluding hydrogens is 488 g/mol. The normalized spacial score (nSPS) is 17.7. The van der Waals surface area contributed by atoms with Crippen molar-refractivity contribution < 1.29 is 22.7 Å². The van der Waals surface area contributed by atoms with Crippen molar-refractivity contribution in [1.82, 2.24) is 5.32 Å². The van der Waals surface area contributed by atoms with Gasteiger partial charge in [0.2, 0.25) is 0 Å². The molecule has 8 heteroatoms. The Labute approximate surface area is 218 Å². The summed E-state index contributed by atoms with van der Waals surface area (Å²) in [5.41, 5.74) is 5.08. The highest BCUT2D eigenvalue weighted by Crippen LogP contribution is 2.38. The summed E-state index contributed by atoms with van der Waals surface area (Å²) in [5.74, 6) is 0.572. The first-order valence-corrected chi connectivity index (χ1v) is 14.1. The SMILES string of the molecule is COc1ccc(S(=O)(=O)N2C[C@H](C(=O)N[C@H](C)c3ccc4c(c3)CCCC4)Oc3cc(C)ccc32)cc1. The Morgan fingerprint density at radius 3 is 2.49 bits per heavy atom. The average molecular weight is 521 g/mol. The molecule has 1 heterocycles. The zero-order chi connectivity index (χ0) is 26.2. The predicted molar refractivity (Wildman–Crippen MR) is 143 cm³/mol. The van der Waals surface area contributed by atoms with Gasteiger partial charge in [0.25, 0.3) is 15.9 Å². The molecule has 1 aliphatic carbocycles. The third-order valence-corrected chi connectivity index (χ3v) is 8.95. The Morgan fingerprint density at radius 1 is 1.03 bits per heavy atom. The maximum absolute atomic E-state index is 13.7. The number of ether oxygens (including phenoxy) is 2. The maximum Gasteiger partial charge on any atom is 0.264 e. The van der Waals surface area contributed by atoms with E-state index in [9.17, 15) is 13.2 Å². The summed E-state index contributed by atoms with van der Waals surface area (Å²) < 4.78 is 39.9. The Hall–Kier alpha value is -3.52. The van der Waals surface area contributed by atoms with Crippen molar-refractivity contribution in [2.45, 2.75) is 56.6 Å². The number of methoxy groups -OCH3 is 1. The largest absolute Gasteiger partial charge is 0.497 e. The number of hydrogen-bond acceptors (Lipinski definition) is 5. The minimum atomic E-state index is -3.95. The molecule has 0 aromatic heterocycles. The number of hydrogen-bond donors (Lipinski definition) is 1. The quantitative estimate of drug-likeness (QED) is 0.509. The van der Waals surface area contributed by atoms with Crippen LogP contribution in [0.3, 0.4) is 0 Å². The summed E-state index contributed by atoms with van der Waals surface area (Å²) in [6.45, 7) is 3.70. The average Bonchev–Trinajstić information content (AvgIpc) is 2.91. The standard InChI is InChI=1S/C29H32N2O5S/c1-19-8-15-26-27(16-19)36-28(18-31(26)37(33,34)25-13-11-24(35-3)12-14-25)29(32)30-20(2)22-10-9-21-6-4-5-7-23(21)17-22/h8-17,20,28H,4-7,18H2,1-3H3,(H,30,32)/t20-,28-/m1/s1. The fraction of sp³-hybridized carbons (Fsp3) is 0.345. The second kappa shape index (κ2) is 10.1. The summed E-state index contributed by atoms with van der Waals surface area (Å²) in [5, 5.41) is 3.04. The molecule has 0 fully saturated rings. The van der Waals surface area contributed by atoms with Crippen LogP contribution in [0.15, 0.2) is 65.6 Å². The van der Waals surface area contributed by atoms with Crippen molar-refractivity contribution in [3.8, 4) is 11.5 Å². The van der Waals surface area contributed by atoms with E-state index in [4.69, 9.17) is 9.47 Å². The van der Waals surface area contributed by atoms with Gasteiger partial charge in [-0.05, 0) is 98.2 Å². The van der Waals surface area contributed by atoms with E-state index in [0.717, 1.165) is 24.0 Å². The van der Waals surface area contributed by atoms with E-state index in [1.54, 1.807) is 24.3 Å². The summed E-state index contributed by atoms with van der Waals surface area (Å²) in [4.78, 5) is 13.5. The number of nitrogens with one attached hydrogen (secondary N) is 1. The van der Waals surface area contributed by atoms with Crippen LogP contribution < -0.4 is 19.1 Å². The molecule has 0 unspecified atom stereocenters. The first-order chi connectivity index (χ1) is 17.8. The molecule has 3 aromatic rings. The van der Waals surface area contributed by atoms with Gasteiger partial charge in [-0.1, -0.05) is 24.3 Å². The van der Waals surface area contributed by atoms with E-state index in [2.05, 4.69) is 23.5 Å². The molecule has 0 saturated carbocycles. The third-order valence-electron chi connectivity index (χ3n) is 7.16. The summed E-state index contributed by atoms with van der Waals surface area (Å²) in [7, 11) is -2.43. The van der Waals surface area contributed by atoms with Gasteiger partial charge < -0.3 is 14.8 Å². The lowest BCUT2D eigenvalue weighted by molar-refractivity contribution is -0.128. The number of benzene rings is 3. The number of amides is 1. The van der Waals surface area contributed by atoms with Gasteiger partial charge in [-0.25, -0.2) is 8.42 Å². The number of fused-ring (bicyclic) bond motifs is 2. The van der Waals surface area contributed by atoms with E-state index in [1.165, 1.54) is 47.5 Å². The first kappa shape index (κ1) is 25.1. The lowest BCUT2D eigenvalue weighted by Crippen LogP contribution is -2.51. The number of anilines is 1. The monoisotopic (exact) mass is 520 g/mol. The Morgan fingerprint density at radius 2 is 1.76 bits per heavy atom. The first-order valence-electron chi connectivity index (χ1n) is 12.6. The van der Waals surface area contributed by atoms with Crippen LogP contribution in [0.4, 0.5) is 5.69 Å². The van der Waals surface area contributed by atoms with E-state index in [0.29, 0.717) is 17.2 Å². The van der Waals surface area contributed by atoms with Crippen molar-refractivity contribution in [2.75, 3.05) is 18.0 Å². The zero-order valence-electron chi connectivity index (χ0n) is 21.4. The molecular formula is C29H32N2O5S. The topological polar surface area (TPSA) is 84.9 Å². The zero-order valence-corrected chi connectivity index (χ0v) is 22.2. The molecule has 0 saturated heterocycles. The van der Waals surface area contributed by atoms with Gasteiger partial charge in [0.1, 0.15) is 11.5 Å². The lowest BCUT2D eigenvalue weighted by Gasteiger charge is -2.35. The van der Waals surface area contributed by atoms with Gasteiger partial charge in [-0.2, -0.15) is 0 Å². The van der Waals surface area contributed by atoms with Crippen molar-refractivity contribution >= 4 is 21.6 Å². The molecule has 0 spiro atoms. The van der Waals surface area contributed by atoms with E-state index in [1.807, 2.05) is 19.9 Å². The molecule has 0 bridgehead atoms. The predicted octanol–water partition coefficient (Wildman–Crippen LogP) is 4.72. The van der Waals surface area contributed by atoms with E-state index < -0.39 is 16.1 Å². The third kappa shape index (κ3) is 5.03. The highest BCUT2D eigenvalue weighted by molar-refractivity contribution is 7.92. The summed E-state index contributed by atoms with van der Waals surface area (Å²) in [6, 6.07) is 17.7. The smallest absolute Gasteiger partial charge is 0.264 e. The number of rotatable bonds is 6. The molecule has 1 aliphatic heterocycles. The molecule has 37 heavy (non-hydrogen) atoms. The van der Waals surface area contributed by atoms with Crippen LogP contribution in [0.1, 0.15) is 48.1 Å². The van der Waals surface area contributed by atoms with Gasteiger partial charge >= 0.3 is 0 Å². The number of sulfonamides is 1. The van der Waals surface area contributed by atoms with Crippen molar-refractivity contribution in [1.29, 1.82) is 0 Å². The Kier molecular flexibility index (Phi) is 6.86. The van der Waals surface area contributed by atoms with Gasteiger partial charge in [0.15, 0.2) is 6.10 Å². The molecule has 0 radical (unpaired) electrons. The van der Waals surface area contributed by atoms with Crippen LogP contribution in [0, 0.1) is 6.92 Å². The van der Waals surface area contributed by atoms with Crippen LogP contribution >= 0.6 is 0 Å². The van der Waals surface area contributed by atoms with Crippen LogP contribution in [-0.4, -0.2) is 34.1 Å². The highest BCUT2D eigenvalue weighted by atomic mass is 32.2. The number of carbonyl (C=O) groups excluding carboxylic acids is 1. The molecule has 5 rings (SSSR count).